The lowest BCUT2D eigenvalue weighted by molar-refractivity contribution is -0.104. The van der Waals surface area contributed by atoms with E-state index in [0.717, 1.165) is 6.29 Å². The molecule has 1 aromatic rings. The molecule has 1 heterocycles. The molecule has 0 spiro atoms. The summed E-state index contributed by atoms with van der Waals surface area (Å²) in [4.78, 5) is 14.2. The van der Waals surface area contributed by atoms with Crippen LogP contribution in [0.3, 0.4) is 0 Å². The smallest absolute Gasteiger partial charge is 0.191 e. The van der Waals surface area contributed by atoms with E-state index in [1.165, 1.54) is 6.26 Å². The molecule has 11 heavy (non-hydrogen) atoms. The number of carbonyl (C=O) groups excluding carboxylic acids is 1. The maximum Gasteiger partial charge on any atom is 0.191 e. The van der Waals surface area contributed by atoms with Crippen LogP contribution in [0.5, 0.6) is 0 Å². The SMILES string of the molecule is C/C(C=O)=C/c1coc(C)n1. The van der Waals surface area contributed by atoms with Gasteiger partial charge in [-0.2, -0.15) is 0 Å². The van der Waals surface area contributed by atoms with Crippen molar-refractivity contribution in [2.75, 3.05) is 0 Å². The van der Waals surface area contributed by atoms with Crippen LogP contribution in [0.2, 0.25) is 0 Å². The molecule has 0 N–H and O–H groups in total. The summed E-state index contributed by atoms with van der Waals surface area (Å²) >= 11 is 0. The molecular formula is C8H9NO2. The van der Waals surface area contributed by atoms with Crippen LogP contribution in [0.1, 0.15) is 18.5 Å². The topological polar surface area (TPSA) is 43.1 Å². The first kappa shape index (κ1) is 7.72. The number of aldehydes is 1. The summed E-state index contributed by atoms with van der Waals surface area (Å²) in [5.74, 6) is 0.606. The molecule has 0 fully saturated rings. The highest BCUT2D eigenvalue weighted by Gasteiger charge is 1.95. The molecule has 0 aliphatic heterocycles. The van der Waals surface area contributed by atoms with Gasteiger partial charge >= 0.3 is 0 Å². The van der Waals surface area contributed by atoms with Crippen LogP contribution >= 0.6 is 0 Å². The van der Waals surface area contributed by atoms with Gasteiger partial charge in [0, 0.05) is 6.92 Å². The van der Waals surface area contributed by atoms with Crippen LogP contribution in [0.15, 0.2) is 16.3 Å². The Morgan fingerprint density at radius 1 is 1.73 bits per heavy atom. The minimum Gasteiger partial charge on any atom is -0.449 e. The highest BCUT2D eigenvalue weighted by atomic mass is 16.3. The molecule has 0 saturated heterocycles. The molecule has 0 aliphatic carbocycles. The molecule has 1 aromatic heterocycles. The van der Waals surface area contributed by atoms with E-state index < -0.39 is 0 Å². The van der Waals surface area contributed by atoms with Crippen LogP contribution in [-0.4, -0.2) is 11.3 Å². The van der Waals surface area contributed by atoms with E-state index in [9.17, 15) is 4.79 Å². The lowest BCUT2D eigenvalue weighted by atomic mass is 10.3. The van der Waals surface area contributed by atoms with E-state index in [2.05, 4.69) is 4.98 Å². The van der Waals surface area contributed by atoms with Crippen LogP contribution in [-0.2, 0) is 4.79 Å². The molecule has 0 unspecified atom stereocenters. The second kappa shape index (κ2) is 3.14. The quantitative estimate of drug-likeness (QED) is 0.476. The van der Waals surface area contributed by atoms with Gasteiger partial charge in [0.1, 0.15) is 18.2 Å². The van der Waals surface area contributed by atoms with Crippen LogP contribution in [0, 0.1) is 6.92 Å². The molecular weight excluding hydrogens is 142 g/mol. The highest BCUT2D eigenvalue weighted by Crippen LogP contribution is 2.04. The van der Waals surface area contributed by atoms with Gasteiger partial charge in [0.15, 0.2) is 5.89 Å². The fourth-order valence-corrected chi connectivity index (χ4v) is 0.714. The molecule has 58 valence electrons. The zero-order valence-corrected chi connectivity index (χ0v) is 6.50. The Balaban J connectivity index is 2.86. The Labute approximate surface area is 64.7 Å². The van der Waals surface area contributed by atoms with Crippen molar-refractivity contribution in [3.8, 4) is 0 Å². The molecule has 1 rings (SSSR count). The zero-order valence-electron chi connectivity index (χ0n) is 6.50. The summed E-state index contributed by atoms with van der Waals surface area (Å²) in [5, 5.41) is 0. The highest BCUT2D eigenvalue weighted by molar-refractivity contribution is 5.79. The van der Waals surface area contributed by atoms with Crippen molar-refractivity contribution in [1.82, 2.24) is 4.98 Å². The first-order chi connectivity index (χ1) is 5.22. The number of oxazole rings is 1. The Morgan fingerprint density at radius 3 is 2.91 bits per heavy atom. The van der Waals surface area contributed by atoms with Crippen molar-refractivity contribution >= 4 is 12.4 Å². The Morgan fingerprint density at radius 2 is 2.45 bits per heavy atom. The van der Waals surface area contributed by atoms with Gasteiger partial charge in [0.25, 0.3) is 0 Å². The molecule has 0 saturated carbocycles. The first-order valence-electron chi connectivity index (χ1n) is 3.28. The van der Waals surface area contributed by atoms with Crippen molar-refractivity contribution < 1.29 is 9.21 Å². The van der Waals surface area contributed by atoms with Crippen LogP contribution in [0.4, 0.5) is 0 Å². The monoisotopic (exact) mass is 151 g/mol. The summed E-state index contributed by atoms with van der Waals surface area (Å²) in [7, 11) is 0. The zero-order chi connectivity index (χ0) is 8.27. The number of nitrogens with zero attached hydrogens (tertiary/aromatic N) is 1. The predicted molar refractivity (Wildman–Crippen MR) is 41.0 cm³/mol. The van der Waals surface area contributed by atoms with Gasteiger partial charge in [-0.3, -0.25) is 4.79 Å². The number of carbonyl (C=O) groups is 1. The Hall–Kier alpha value is -1.38. The lowest BCUT2D eigenvalue weighted by Crippen LogP contribution is -1.77. The Bertz CT molecular complexity index is 286. The standard InChI is InChI=1S/C8H9NO2/c1-6(4-10)3-8-5-11-7(2)9-8/h3-5H,1-2H3/b6-3-. The molecule has 0 aromatic carbocycles. The molecule has 0 amide bonds. The second-order valence-electron chi connectivity index (χ2n) is 2.30. The third-order valence-electron chi connectivity index (χ3n) is 1.20. The molecule has 3 heteroatoms. The molecule has 3 nitrogen and oxygen atoms in total. The third-order valence-corrected chi connectivity index (χ3v) is 1.20. The van der Waals surface area contributed by atoms with Gasteiger partial charge in [0.2, 0.25) is 0 Å². The minimum absolute atomic E-state index is 0.606. The minimum atomic E-state index is 0.606. The predicted octanol–water partition coefficient (Wildman–Crippen LogP) is 1.59. The number of allylic oxidation sites excluding steroid dienone is 1. The molecule has 0 radical (unpaired) electrons. The third kappa shape index (κ3) is 2.04. The second-order valence-corrected chi connectivity index (χ2v) is 2.30. The number of aromatic nitrogens is 1. The van der Waals surface area contributed by atoms with E-state index in [1.807, 2.05) is 0 Å². The van der Waals surface area contributed by atoms with E-state index in [1.54, 1.807) is 19.9 Å². The average Bonchev–Trinajstić information content (AvgIpc) is 2.35. The van der Waals surface area contributed by atoms with E-state index >= 15 is 0 Å². The van der Waals surface area contributed by atoms with E-state index in [0.29, 0.717) is 17.2 Å². The lowest BCUT2D eigenvalue weighted by Gasteiger charge is -1.82. The fourth-order valence-electron chi connectivity index (χ4n) is 0.714. The van der Waals surface area contributed by atoms with Gasteiger partial charge in [-0.1, -0.05) is 0 Å². The summed E-state index contributed by atoms with van der Waals surface area (Å²) in [6.45, 7) is 3.48. The van der Waals surface area contributed by atoms with Gasteiger partial charge < -0.3 is 4.42 Å². The van der Waals surface area contributed by atoms with Gasteiger partial charge in [-0.25, -0.2) is 4.98 Å². The number of aryl methyl sites for hydroxylation is 1. The normalized spacial score (nSPS) is 11.6. The van der Waals surface area contributed by atoms with Gasteiger partial charge in [-0.05, 0) is 18.6 Å². The first-order valence-corrected chi connectivity index (χ1v) is 3.28. The van der Waals surface area contributed by atoms with Crippen molar-refractivity contribution in [1.29, 1.82) is 0 Å². The largest absolute Gasteiger partial charge is 0.449 e. The van der Waals surface area contributed by atoms with Crippen molar-refractivity contribution in [3.63, 3.8) is 0 Å². The number of hydrogen-bond donors (Lipinski definition) is 0. The summed E-state index contributed by atoms with van der Waals surface area (Å²) in [5.41, 5.74) is 1.32. The number of hydrogen-bond acceptors (Lipinski definition) is 3. The summed E-state index contributed by atoms with van der Waals surface area (Å²) in [6.07, 6.45) is 3.97. The molecule has 0 bridgehead atoms. The molecule has 0 aliphatic rings. The van der Waals surface area contributed by atoms with Crippen LogP contribution < -0.4 is 0 Å². The van der Waals surface area contributed by atoms with Crippen molar-refractivity contribution in [2.45, 2.75) is 13.8 Å². The Kier molecular flexibility index (Phi) is 2.21. The number of rotatable bonds is 2. The van der Waals surface area contributed by atoms with Gasteiger partial charge in [-0.15, -0.1) is 0 Å². The van der Waals surface area contributed by atoms with E-state index in [4.69, 9.17) is 4.42 Å². The van der Waals surface area contributed by atoms with Crippen molar-refractivity contribution in [2.24, 2.45) is 0 Å². The van der Waals surface area contributed by atoms with E-state index in [-0.39, 0.29) is 0 Å². The average molecular weight is 151 g/mol. The van der Waals surface area contributed by atoms with Gasteiger partial charge in [0.05, 0.1) is 0 Å². The summed E-state index contributed by atoms with van der Waals surface area (Å²) in [6, 6.07) is 0. The molecule has 0 atom stereocenters. The maximum absolute atomic E-state index is 10.2. The van der Waals surface area contributed by atoms with Crippen LogP contribution in [0.25, 0.3) is 6.08 Å². The summed E-state index contributed by atoms with van der Waals surface area (Å²) < 4.78 is 4.94. The fraction of sp³-hybridized carbons (Fsp3) is 0.250. The van der Waals surface area contributed by atoms with Crippen molar-refractivity contribution in [3.05, 3.63) is 23.4 Å². The maximum atomic E-state index is 10.2.